The third-order valence-corrected chi connectivity index (χ3v) is 4.17. The number of hydrogen-bond acceptors (Lipinski definition) is 5. The Hall–Kier alpha value is -2.14. The van der Waals surface area contributed by atoms with Crippen LogP contribution < -0.4 is 10.6 Å². The van der Waals surface area contributed by atoms with Gasteiger partial charge in [0.2, 0.25) is 0 Å². The van der Waals surface area contributed by atoms with E-state index in [1.807, 2.05) is 37.3 Å². The average Bonchev–Trinajstić information content (AvgIpc) is 3.00. The number of aliphatic hydroxyl groups is 1. The van der Waals surface area contributed by atoms with Gasteiger partial charge in [-0.1, -0.05) is 24.3 Å². The Morgan fingerprint density at radius 1 is 1.41 bits per heavy atom. The minimum atomic E-state index is -0.876. The number of rotatable bonds is 4. The van der Waals surface area contributed by atoms with Crippen molar-refractivity contribution in [2.75, 3.05) is 13.1 Å². The first-order chi connectivity index (χ1) is 10.6. The van der Waals surface area contributed by atoms with E-state index >= 15 is 0 Å². The van der Waals surface area contributed by atoms with Crippen LogP contribution in [0.5, 0.6) is 0 Å². The number of aliphatic imine (C=N–C) groups is 1. The fourth-order valence-electron chi connectivity index (χ4n) is 2.99. The first kappa shape index (κ1) is 14.8. The van der Waals surface area contributed by atoms with Crippen molar-refractivity contribution >= 4 is 5.96 Å². The molecule has 22 heavy (non-hydrogen) atoms. The second kappa shape index (κ2) is 6.32. The lowest BCUT2D eigenvalue weighted by molar-refractivity contribution is 0.0510. The van der Waals surface area contributed by atoms with E-state index in [0.717, 1.165) is 25.5 Å². The van der Waals surface area contributed by atoms with Gasteiger partial charge in [0.15, 0.2) is 5.96 Å². The molecular formula is C17H22N4O. The smallest absolute Gasteiger partial charge is 0.191 e. The molecule has 1 aromatic rings. The van der Waals surface area contributed by atoms with Crippen molar-refractivity contribution in [1.29, 1.82) is 0 Å². The molecule has 1 aliphatic heterocycles. The maximum absolute atomic E-state index is 10.7. The van der Waals surface area contributed by atoms with Crippen LogP contribution in [0, 0.1) is 5.92 Å². The van der Waals surface area contributed by atoms with Crippen LogP contribution >= 0.6 is 0 Å². The number of nitrogens with zero attached hydrogens (tertiary/aromatic N) is 2. The van der Waals surface area contributed by atoms with Crippen LogP contribution in [0.2, 0.25) is 0 Å². The molecule has 1 aromatic heterocycles. The summed E-state index contributed by atoms with van der Waals surface area (Å²) in [6.07, 6.45) is 12.2. The lowest BCUT2D eigenvalue weighted by atomic mass is 9.78. The van der Waals surface area contributed by atoms with E-state index in [1.54, 1.807) is 12.4 Å². The molecule has 3 atom stereocenters. The Kier molecular flexibility index (Phi) is 4.24. The molecule has 3 rings (SSSR count). The molecule has 116 valence electrons. The van der Waals surface area contributed by atoms with Crippen LogP contribution in [-0.2, 0) is 6.42 Å². The van der Waals surface area contributed by atoms with Crippen molar-refractivity contribution in [3.8, 4) is 0 Å². The molecule has 0 saturated carbocycles. The van der Waals surface area contributed by atoms with Crippen LogP contribution in [0.25, 0.3) is 0 Å². The van der Waals surface area contributed by atoms with E-state index in [1.165, 1.54) is 5.56 Å². The van der Waals surface area contributed by atoms with Crippen molar-refractivity contribution in [2.24, 2.45) is 10.9 Å². The van der Waals surface area contributed by atoms with Gasteiger partial charge in [-0.25, -0.2) is 0 Å². The lowest BCUT2D eigenvalue weighted by Gasteiger charge is -2.37. The van der Waals surface area contributed by atoms with Gasteiger partial charge >= 0.3 is 0 Å². The zero-order chi connectivity index (χ0) is 15.4. The van der Waals surface area contributed by atoms with E-state index in [9.17, 15) is 5.11 Å². The van der Waals surface area contributed by atoms with E-state index in [-0.39, 0.29) is 12.0 Å². The van der Waals surface area contributed by atoms with Crippen molar-refractivity contribution in [2.45, 2.75) is 25.0 Å². The summed E-state index contributed by atoms with van der Waals surface area (Å²) in [5, 5.41) is 17.4. The number of aromatic nitrogens is 1. The predicted molar refractivity (Wildman–Crippen MR) is 87.6 cm³/mol. The molecule has 0 saturated heterocycles. The second-order valence-corrected chi connectivity index (χ2v) is 5.96. The highest BCUT2D eigenvalue weighted by Gasteiger charge is 2.36. The highest BCUT2D eigenvalue weighted by atomic mass is 16.3. The van der Waals surface area contributed by atoms with Gasteiger partial charge in [0.1, 0.15) is 0 Å². The molecule has 3 N–H and O–H groups in total. The molecule has 3 unspecified atom stereocenters. The maximum Gasteiger partial charge on any atom is 0.191 e. The molecule has 5 nitrogen and oxygen atoms in total. The molecule has 1 aliphatic carbocycles. The summed E-state index contributed by atoms with van der Waals surface area (Å²) < 4.78 is 0. The van der Waals surface area contributed by atoms with Gasteiger partial charge in [-0.3, -0.25) is 9.98 Å². The zero-order valence-corrected chi connectivity index (χ0v) is 12.7. The summed E-state index contributed by atoms with van der Waals surface area (Å²) in [7, 11) is 0. The molecule has 2 aliphatic rings. The van der Waals surface area contributed by atoms with Gasteiger partial charge in [-0.05, 0) is 31.0 Å². The molecule has 0 amide bonds. The number of pyridine rings is 1. The van der Waals surface area contributed by atoms with Crippen molar-refractivity contribution < 1.29 is 5.11 Å². The normalized spacial score (nSPS) is 28.1. The van der Waals surface area contributed by atoms with E-state index < -0.39 is 5.60 Å². The van der Waals surface area contributed by atoms with Crippen molar-refractivity contribution in [1.82, 2.24) is 15.6 Å². The predicted octanol–water partition coefficient (Wildman–Crippen LogP) is 1.03. The van der Waals surface area contributed by atoms with Gasteiger partial charge in [-0.15, -0.1) is 0 Å². The second-order valence-electron chi connectivity index (χ2n) is 5.96. The molecule has 0 spiro atoms. The summed E-state index contributed by atoms with van der Waals surface area (Å²) in [5.74, 6) is 0.786. The Morgan fingerprint density at radius 3 is 2.91 bits per heavy atom. The van der Waals surface area contributed by atoms with Crippen LogP contribution in [0.3, 0.4) is 0 Å². The fraction of sp³-hybridized carbons (Fsp3) is 0.412. The molecule has 2 heterocycles. The first-order valence-electron chi connectivity index (χ1n) is 7.67. The Labute approximate surface area is 130 Å². The van der Waals surface area contributed by atoms with E-state index in [4.69, 9.17) is 0 Å². The van der Waals surface area contributed by atoms with Gasteiger partial charge in [-0.2, -0.15) is 0 Å². The van der Waals surface area contributed by atoms with Crippen molar-refractivity contribution in [3.63, 3.8) is 0 Å². The standard InChI is InChI=1S/C17H22N4O/c1-17(22)7-3-2-4-14(17)15(21-16-19-10-11-20-16)12-13-5-8-18-9-6-13/h2-9,14-15,22H,10-12H2,1H3,(H2,19,20,21). The summed E-state index contributed by atoms with van der Waals surface area (Å²) in [6.45, 7) is 3.50. The van der Waals surface area contributed by atoms with Crippen LogP contribution in [0.4, 0.5) is 0 Å². The minimum Gasteiger partial charge on any atom is -0.385 e. The lowest BCUT2D eigenvalue weighted by Crippen LogP contribution is -2.52. The number of nitrogens with one attached hydrogen (secondary N) is 2. The van der Waals surface area contributed by atoms with Crippen molar-refractivity contribution in [3.05, 3.63) is 54.4 Å². The largest absolute Gasteiger partial charge is 0.385 e. The quantitative estimate of drug-likeness (QED) is 0.777. The molecule has 0 fully saturated rings. The van der Waals surface area contributed by atoms with E-state index in [0.29, 0.717) is 0 Å². The average molecular weight is 298 g/mol. The van der Waals surface area contributed by atoms with Gasteiger partial charge in [0.05, 0.1) is 12.1 Å². The van der Waals surface area contributed by atoms with Gasteiger partial charge in [0.25, 0.3) is 0 Å². The third-order valence-electron chi connectivity index (χ3n) is 4.17. The summed E-state index contributed by atoms with van der Waals surface area (Å²) in [5.41, 5.74) is 0.309. The SMILES string of the molecule is CC1(O)C=CC=CC1C(Cc1ccncc1)NC1=NCCN1. The first-order valence-corrected chi connectivity index (χ1v) is 7.67. The molecule has 0 bridgehead atoms. The number of hydrogen-bond donors (Lipinski definition) is 3. The third kappa shape index (κ3) is 3.36. The minimum absolute atomic E-state index is 0.0317. The summed E-state index contributed by atoms with van der Waals surface area (Å²) >= 11 is 0. The van der Waals surface area contributed by atoms with E-state index in [2.05, 4.69) is 26.7 Å². The Morgan fingerprint density at radius 2 is 2.23 bits per heavy atom. The Bertz CT molecular complexity index is 592. The molecule has 0 radical (unpaired) electrons. The van der Waals surface area contributed by atoms with Crippen LogP contribution in [-0.4, -0.2) is 40.8 Å². The molecule has 5 heteroatoms. The monoisotopic (exact) mass is 298 g/mol. The number of guanidine groups is 1. The highest BCUT2D eigenvalue weighted by Crippen LogP contribution is 2.28. The maximum atomic E-state index is 10.7. The molecular weight excluding hydrogens is 276 g/mol. The van der Waals surface area contributed by atoms with Crippen LogP contribution in [0.15, 0.2) is 53.8 Å². The highest BCUT2D eigenvalue weighted by molar-refractivity contribution is 5.81. The van der Waals surface area contributed by atoms with Crippen LogP contribution in [0.1, 0.15) is 12.5 Å². The molecule has 0 aromatic carbocycles. The number of allylic oxidation sites excluding steroid dienone is 2. The fourth-order valence-corrected chi connectivity index (χ4v) is 2.99. The summed E-state index contributed by atoms with van der Waals surface area (Å²) in [4.78, 5) is 8.48. The topological polar surface area (TPSA) is 69.5 Å². The van der Waals surface area contributed by atoms with Gasteiger partial charge < -0.3 is 15.7 Å². The van der Waals surface area contributed by atoms with Gasteiger partial charge in [0, 0.05) is 30.9 Å². The zero-order valence-electron chi connectivity index (χ0n) is 12.7. The summed E-state index contributed by atoms with van der Waals surface area (Å²) in [6, 6.07) is 4.06. The Balaban J connectivity index is 1.82.